The predicted octanol–water partition coefficient (Wildman–Crippen LogP) is 2.85. The Hall–Kier alpha value is -2.04. The van der Waals surface area contributed by atoms with E-state index in [2.05, 4.69) is 29.2 Å². The van der Waals surface area contributed by atoms with E-state index < -0.39 is 0 Å². The Morgan fingerprint density at radius 3 is 2.74 bits per heavy atom. The van der Waals surface area contributed by atoms with E-state index >= 15 is 0 Å². The summed E-state index contributed by atoms with van der Waals surface area (Å²) in [6, 6.07) is 14.3. The molecule has 0 amide bonds. The second-order valence-electron chi connectivity index (χ2n) is 5.90. The average molecular weight is 312 g/mol. The molecule has 0 fully saturated rings. The quantitative estimate of drug-likeness (QED) is 0.891. The van der Waals surface area contributed by atoms with Crippen molar-refractivity contribution >= 4 is 0 Å². The van der Waals surface area contributed by atoms with Crippen molar-refractivity contribution in [1.82, 2.24) is 4.90 Å². The van der Waals surface area contributed by atoms with Gasteiger partial charge < -0.3 is 15.6 Å². The van der Waals surface area contributed by atoms with Crippen LogP contribution in [0.1, 0.15) is 29.7 Å². The fourth-order valence-electron chi connectivity index (χ4n) is 3.29. The highest BCUT2D eigenvalue weighted by Crippen LogP contribution is 2.33. The van der Waals surface area contributed by atoms with Gasteiger partial charge in [-0.1, -0.05) is 30.3 Å². The molecule has 0 spiro atoms. The highest BCUT2D eigenvalue weighted by atomic mass is 16.5. The third kappa shape index (κ3) is 3.33. The van der Waals surface area contributed by atoms with Crippen LogP contribution in [0, 0.1) is 0 Å². The van der Waals surface area contributed by atoms with Crippen LogP contribution in [0.4, 0.5) is 0 Å². The van der Waals surface area contributed by atoms with E-state index in [4.69, 9.17) is 10.5 Å². The number of fused-ring (bicyclic) bond motifs is 1. The normalized spacial score (nSPS) is 15.9. The molecule has 3 N–H and O–H groups in total. The summed E-state index contributed by atoms with van der Waals surface area (Å²) >= 11 is 0. The molecule has 2 aromatic carbocycles. The first-order valence-electron chi connectivity index (χ1n) is 8.19. The lowest BCUT2D eigenvalue weighted by molar-refractivity contribution is 0.183. The summed E-state index contributed by atoms with van der Waals surface area (Å²) in [4.78, 5) is 2.41. The lowest BCUT2D eigenvalue weighted by Gasteiger charge is -2.35. The van der Waals surface area contributed by atoms with Crippen molar-refractivity contribution in [3.63, 3.8) is 0 Å². The Kier molecular flexibility index (Phi) is 4.84. The molecule has 4 nitrogen and oxygen atoms in total. The Bertz CT molecular complexity index is 672. The summed E-state index contributed by atoms with van der Waals surface area (Å²) in [6.07, 6.45) is 1.04. The van der Waals surface area contributed by atoms with E-state index in [1.54, 1.807) is 6.07 Å². The van der Waals surface area contributed by atoms with E-state index in [0.29, 0.717) is 18.9 Å². The van der Waals surface area contributed by atoms with Gasteiger partial charge in [-0.3, -0.25) is 4.90 Å². The average Bonchev–Trinajstić information content (AvgIpc) is 2.58. The van der Waals surface area contributed by atoms with Gasteiger partial charge in [-0.15, -0.1) is 0 Å². The number of phenols is 1. The molecule has 1 aliphatic rings. The van der Waals surface area contributed by atoms with Gasteiger partial charge >= 0.3 is 0 Å². The molecule has 23 heavy (non-hydrogen) atoms. The van der Waals surface area contributed by atoms with Crippen LogP contribution in [0.15, 0.2) is 42.5 Å². The Morgan fingerprint density at radius 2 is 2.00 bits per heavy atom. The lowest BCUT2D eigenvalue weighted by atomic mass is 9.96. The smallest absolute Gasteiger partial charge is 0.161 e. The minimum absolute atomic E-state index is 0.128. The standard InChI is InChI=1S/C19H24N2O2/c1-2-23-19-11-15(7-8-18(19)22)17(12-20)21-10-9-14-5-3-4-6-16(14)13-21/h3-8,11,17,22H,2,9-10,12-13,20H2,1H3. The maximum atomic E-state index is 9.89. The first kappa shape index (κ1) is 15.8. The van der Waals surface area contributed by atoms with E-state index in [1.807, 2.05) is 19.1 Å². The molecule has 4 heteroatoms. The van der Waals surface area contributed by atoms with Gasteiger partial charge in [0, 0.05) is 25.7 Å². The lowest BCUT2D eigenvalue weighted by Crippen LogP contribution is -2.37. The molecule has 1 unspecified atom stereocenters. The highest BCUT2D eigenvalue weighted by molar-refractivity contribution is 5.43. The number of benzene rings is 2. The molecule has 1 aliphatic heterocycles. The van der Waals surface area contributed by atoms with Crippen LogP contribution in [-0.4, -0.2) is 29.7 Å². The third-order valence-electron chi connectivity index (χ3n) is 4.49. The van der Waals surface area contributed by atoms with Gasteiger partial charge in [-0.05, 0) is 42.2 Å². The fraction of sp³-hybridized carbons (Fsp3) is 0.368. The van der Waals surface area contributed by atoms with Crippen molar-refractivity contribution in [3.8, 4) is 11.5 Å². The number of phenolic OH excluding ortho intramolecular Hbond substituents is 1. The molecule has 1 heterocycles. The second-order valence-corrected chi connectivity index (χ2v) is 5.90. The summed E-state index contributed by atoms with van der Waals surface area (Å²) in [6.45, 7) is 4.88. The van der Waals surface area contributed by atoms with Crippen molar-refractivity contribution in [2.24, 2.45) is 5.73 Å². The number of aromatic hydroxyl groups is 1. The fourth-order valence-corrected chi connectivity index (χ4v) is 3.29. The molecule has 0 aliphatic carbocycles. The molecule has 1 atom stereocenters. The number of ether oxygens (including phenoxy) is 1. The Morgan fingerprint density at radius 1 is 1.22 bits per heavy atom. The van der Waals surface area contributed by atoms with Gasteiger partial charge in [0.05, 0.1) is 6.61 Å². The second kappa shape index (κ2) is 7.02. The summed E-state index contributed by atoms with van der Waals surface area (Å²) in [5.74, 6) is 0.705. The molecule has 122 valence electrons. The largest absolute Gasteiger partial charge is 0.504 e. The number of nitrogens with two attached hydrogens (primary N) is 1. The van der Waals surface area contributed by atoms with E-state index in [1.165, 1.54) is 11.1 Å². The molecule has 0 saturated heterocycles. The van der Waals surface area contributed by atoms with Gasteiger partial charge in [-0.2, -0.15) is 0 Å². The maximum Gasteiger partial charge on any atom is 0.161 e. The van der Waals surface area contributed by atoms with E-state index in [9.17, 15) is 5.11 Å². The maximum absolute atomic E-state index is 9.89. The molecule has 3 rings (SSSR count). The van der Waals surface area contributed by atoms with Crippen LogP contribution in [0.25, 0.3) is 0 Å². The van der Waals surface area contributed by atoms with Crippen LogP contribution in [-0.2, 0) is 13.0 Å². The molecule has 0 aromatic heterocycles. The van der Waals surface area contributed by atoms with Gasteiger partial charge in [0.2, 0.25) is 0 Å². The van der Waals surface area contributed by atoms with Gasteiger partial charge in [0.25, 0.3) is 0 Å². The Balaban J connectivity index is 1.85. The van der Waals surface area contributed by atoms with Crippen molar-refractivity contribution in [1.29, 1.82) is 0 Å². The number of nitrogens with zero attached hydrogens (tertiary/aromatic N) is 1. The first-order valence-corrected chi connectivity index (χ1v) is 8.19. The van der Waals surface area contributed by atoms with Crippen LogP contribution >= 0.6 is 0 Å². The SMILES string of the molecule is CCOc1cc(C(CN)N2CCc3ccccc3C2)ccc1O. The summed E-state index contributed by atoms with van der Waals surface area (Å²) < 4.78 is 5.51. The van der Waals surface area contributed by atoms with Crippen molar-refractivity contribution in [3.05, 3.63) is 59.2 Å². The topological polar surface area (TPSA) is 58.7 Å². The van der Waals surface area contributed by atoms with Crippen LogP contribution in [0.2, 0.25) is 0 Å². The number of hydrogen-bond donors (Lipinski definition) is 2. The minimum Gasteiger partial charge on any atom is -0.504 e. The van der Waals surface area contributed by atoms with Crippen LogP contribution in [0.5, 0.6) is 11.5 Å². The van der Waals surface area contributed by atoms with Crippen LogP contribution in [0.3, 0.4) is 0 Å². The first-order chi connectivity index (χ1) is 11.2. The molecule has 0 bridgehead atoms. The van der Waals surface area contributed by atoms with Crippen molar-refractivity contribution in [2.75, 3.05) is 19.7 Å². The monoisotopic (exact) mass is 312 g/mol. The zero-order valence-corrected chi connectivity index (χ0v) is 13.5. The predicted molar refractivity (Wildman–Crippen MR) is 91.6 cm³/mol. The number of hydrogen-bond acceptors (Lipinski definition) is 4. The van der Waals surface area contributed by atoms with Gasteiger partial charge in [0.1, 0.15) is 0 Å². The van der Waals surface area contributed by atoms with Gasteiger partial charge in [-0.25, -0.2) is 0 Å². The van der Waals surface area contributed by atoms with Crippen molar-refractivity contribution in [2.45, 2.75) is 25.9 Å². The summed E-state index contributed by atoms with van der Waals surface area (Å²) in [5, 5.41) is 9.89. The molecule has 0 radical (unpaired) electrons. The van der Waals surface area contributed by atoms with Gasteiger partial charge in [0.15, 0.2) is 11.5 Å². The molecular formula is C19H24N2O2. The summed E-state index contributed by atoms with van der Waals surface area (Å²) in [5.41, 5.74) is 9.97. The van der Waals surface area contributed by atoms with Crippen molar-refractivity contribution < 1.29 is 9.84 Å². The molecular weight excluding hydrogens is 288 g/mol. The zero-order valence-electron chi connectivity index (χ0n) is 13.5. The number of rotatable bonds is 5. The minimum atomic E-state index is 0.128. The Labute approximate surface area is 137 Å². The highest BCUT2D eigenvalue weighted by Gasteiger charge is 2.24. The third-order valence-corrected chi connectivity index (χ3v) is 4.49. The van der Waals surface area contributed by atoms with E-state index in [-0.39, 0.29) is 11.8 Å². The van der Waals surface area contributed by atoms with E-state index in [0.717, 1.165) is 25.1 Å². The molecule has 0 saturated carbocycles. The molecule has 2 aromatic rings. The van der Waals surface area contributed by atoms with Crippen LogP contribution < -0.4 is 10.5 Å². The summed E-state index contributed by atoms with van der Waals surface area (Å²) in [7, 11) is 0. The zero-order chi connectivity index (χ0) is 16.2.